The summed E-state index contributed by atoms with van der Waals surface area (Å²) in [5, 5.41) is 7.63. The lowest BCUT2D eigenvalue weighted by Gasteiger charge is -2.35. The van der Waals surface area contributed by atoms with Crippen LogP contribution < -0.4 is 16.4 Å². The molecule has 0 bridgehead atoms. The number of hydrogen-bond donors (Lipinski definition) is 3. The van der Waals surface area contributed by atoms with Crippen LogP contribution in [0.1, 0.15) is 44.9 Å². The number of rotatable bonds is 5. The fourth-order valence-corrected chi connectivity index (χ4v) is 4.54. The van der Waals surface area contributed by atoms with Crippen molar-refractivity contribution in [2.45, 2.75) is 63.1 Å². The lowest BCUT2D eigenvalue weighted by Crippen LogP contribution is -2.50. The number of carbonyl (C=O) groups excluding carboxylic acids is 1. The zero-order chi connectivity index (χ0) is 14.7. The van der Waals surface area contributed by atoms with Gasteiger partial charge < -0.3 is 16.4 Å². The minimum Gasteiger partial charge on any atom is -0.369 e. The van der Waals surface area contributed by atoms with Gasteiger partial charge in [0, 0.05) is 31.2 Å². The molecule has 0 spiro atoms. The molecule has 21 heavy (non-hydrogen) atoms. The monoisotopic (exact) mass is 294 g/mol. The van der Waals surface area contributed by atoms with Gasteiger partial charge in [-0.25, -0.2) is 0 Å². The van der Waals surface area contributed by atoms with Crippen LogP contribution in [0.2, 0.25) is 0 Å². The fraction of sp³-hybridized carbons (Fsp3) is 0.938. The highest BCUT2D eigenvalue weighted by atomic mass is 16.1. The number of nitrogens with one attached hydrogen (secondary N) is 2. The van der Waals surface area contributed by atoms with Crippen molar-refractivity contribution in [1.29, 1.82) is 0 Å². The highest BCUT2D eigenvalue weighted by molar-refractivity contribution is 5.75. The van der Waals surface area contributed by atoms with Crippen LogP contribution in [-0.2, 0) is 4.79 Å². The van der Waals surface area contributed by atoms with E-state index in [2.05, 4.69) is 15.5 Å². The van der Waals surface area contributed by atoms with Gasteiger partial charge in [-0.05, 0) is 51.0 Å². The normalized spacial score (nSPS) is 35.3. The Bertz CT molecular complexity index is 348. The summed E-state index contributed by atoms with van der Waals surface area (Å²) in [5.41, 5.74) is 5.27. The van der Waals surface area contributed by atoms with Crippen LogP contribution in [0, 0.1) is 5.92 Å². The third-order valence-corrected chi connectivity index (χ3v) is 5.60. The van der Waals surface area contributed by atoms with Crippen molar-refractivity contribution < 1.29 is 4.79 Å². The van der Waals surface area contributed by atoms with Crippen LogP contribution >= 0.6 is 0 Å². The molecule has 1 aliphatic carbocycles. The molecule has 1 saturated carbocycles. The first-order chi connectivity index (χ1) is 10.2. The minimum absolute atomic E-state index is 0.204. The summed E-state index contributed by atoms with van der Waals surface area (Å²) >= 11 is 0. The number of piperidine rings is 1. The van der Waals surface area contributed by atoms with Crippen molar-refractivity contribution in [3.8, 4) is 0 Å². The van der Waals surface area contributed by atoms with Crippen LogP contribution in [0.4, 0.5) is 0 Å². The SMILES string of the molecule is NC(=O)CN1CCC(NC2CCCC2C2CCCN2)CC1. The van der Waals surface area contributed by atoms with Gasteiger partial charge in [0.25, 0.3) is 0 Å². The quantitative estimate of drug-likeness (QED) is 0.688. The van der Waals surface area contributed by atoms with Crippen molar-refractivity contribution >= 4 is 5.91 Å². The average molecular weight is 294 g/mol. The zero-order valence-electron chi connectivity index (χ0n) is 13.0. The first-order valence-electron chi connectivity index (χ1n) is 8.72. The van der Waals surface area contributed by atoms with E-state index in [9.17, 15) is 4.79 Å². The van der Waals surface area contributed by atoms with Crippen LogP contribution in [0.15, 0.2) is 0 Å². The second-order valence-electron chi connectivity index (χ2n) is 7.09. The van der Waals surface area contributed by atoms with Gasteiger partial charge in [0.2, 0.25) is 5.91 Å². The van der Waals surface area contributed by atoms with E-state index in [-0.39, 0.29) is 5.91 Å². The second-order valence-corrected chi connectivity index (χ2v) is 7.09. The summed E-state index contributed by atoms with van der Waals surface area (Å²) in [6.45, 7) is 3.63. The zero-order valence-corrected chi connectivity index (χ0v) is 13.0. The number of likely N-dealkylation sites (tertiary alicyclic amines) is 1. The molecule has 3 fully saturated rings. The Balaban J connectivity index is 1.45. The van der Waals surface area contributed by atoms with E-state index in [1.54, 1.807) is 0 Å². The molecule has 3 aliphatic rings. The molecular weight excluding hydrogens is 264 g/mol. The van der Waals surface area contributed by atoms with Crippen LogP contribution in [-0.4, -0.2) is 55.1 Å². The second kappa shape index (κ2) is 7.07. The molecule has 0 aromatic heterocycles. The maximum Gasteiger partial charge on any atom is 0.231 e. The molecule has 0 aromatic rings. The van der Waals surface area contributed by atoms with E-state index in [1.807, 2.05) is 0 Å². The minimum atomic E-state index is -0.204. The topological polar surface area (TPSA) is 70.4 Å². The molecule has 2 aliphatic heterocycles. The lowest BCUT2D eigenvalue weighted by atomic mass is 9.91. The molecule has 4 N–H and O–H groups in total. The number of nitrogens with two attached hydrogens (primary N) is 1. The largest absolute Gasteiger partial charge is 0.369 e. The van der Waals surface area contributed by atoms with Gasteiger partial charge in [-0.2, -0.15) is 0 Å². The highest BCUT2D eigenvalue weighted by Gasteiger charge is 2.36. The van der Waals surface area contributed by atoms with Gasteiger partial charge >= 0.3 is 0 Å². The molecule has 0 aromatic carbocycles. The number of primary amides is 1. The number of amides is 1. The molecule has 0 radical (unpaired) electrons. The van der Waals surface area contributed by atoms with Gasteiger partial charge in [0.05, 0.1) is 6.54 Å². The molecule has 5 heteroatoms. The third-order valence-electron chi connectivity index (χ3n) is 5.60. The number of hydrogen-bond acceptors (Lipinski definition) is 4. The molecule has 1 amide bonds. The van der Waals surface area contributed by atoms with Crippen LogP contribution in [0.5, 0.6) is 0 Å². The Kier molecular flexibility index (Phi) is 5.14. The first kappa shape index (κ1) is 15.3. The molecule has 5 nitrogen and oxygen atoms in total. The number of carbonyl (C=O) groups is 1. The summed E-state index contributed by atoms with van der Waals surface area (Å²) < 4.78 is 0. The first-order valence-corrected chi connectivity index (χ1v) is 8.72. The Morgan fingerprint density at radius 1 is 1.14 bits per heavy atom. The smallest absolute Gasteiger partial charge is 0.231 e. The van der Waals surface area contributed by atoms with E-state index >= 15 is 0 Å². The third kappa shape index (κ3) is 3.96. The lowest BCUT2D eigenvalue weighted by molar-refractivity contribution is -0.119. The molecular formula is C16H30N4O. The molecule has 2 saturated heterocycles. The Labute approximate surface area is 128 Å². The van der Waals surface area contributed by atoms with Crippen molar-refractivity contribution in [3.63, 3.8) is 0 Å². The number of nitrogens with zero attached hydrogens (tertiary/aromatic N) is 1. The predicted octanol–water partition coefficient (Wildman–Crippen LogP) is 0.446. The van der Waals surface area contributed by atoms with Gasteiger partial charge in [-0.15, -0.1) is 0 Å². The van der Waals surface area contributed by atoms with Crippen molar-refractivity contribution in [2.75, 3.05) is 26.2 Å². The summed E-state index contributed by atoms with van der Waals surface area (Å²) in [5.74, 6) is 0.626. The molecule has 120 valence electrons. The van der Waals surface area contributed by atoms with Gasteiger partial charge in [0.15, 0.2) is 0 Å². The summed E-state index contributed by atoms with van der Waals surface area (Å²) in [7, 11) is 0. The Morgan fingerprint density at radius 2 is 1.95 bits per heavy atom. The van der Waals surface area contributed by atoms with E-state index in [1.165, 1.54) is 38.6 Å². The van der Waals surface area contributed by atoms with Crippen molar-refractivity contribution in [2.24, 2.45) is 11.7 Å². The summed E-state index contributed by atoms with van der Waals surface area (Å²) in [6, 6.07) is 2.08. The van der Waals surface area contributed by atoms with E-state index in [0.29, 0.717) is 18.6 Å². The molecule has 2 heterocycles. The Hall–Kier alpha value is -0.650. The van der Waals surface area contributed by atoms with Crippen molar-refractivity contribution in [1.82, 2.24) is 15.5 Å². The Morgan fingerprint density at radius 3 is 2.62 bits per heavy atom. The summed E-state index contributed by atoms with van der Waals surface area (Å²) in [4.78, 5) is 13.2. The molecule has 3 atom stereocenters. The average Bonchev–Trinajstić information content (AvgIpc) is 3.11. The van der Waals surface area contributed by atoms with E-state index in [4.69, 9.17) is 5.73 Å². The van der Waals surface area contributed by atoms with Gasteiger partial charge in [0.1, 0.15) is 0 Å². The fourth-order valence-electron chi connectivity index (χ4n) is 4.54. The van der Waals surface area contributed by atoms with Crippen LogP contribution in [0.3, 0.4) is 0 Å². The van der Waals surface area contributed by atoms with E-state index in [0.717, 1.165) is 37.9 Å². The standard InChI is InChI=1S/C16H30N4O/c17-16(21)11-20-9-6-12(7-10-20)19-15-4-1-3-13(15)14-5-2-8-18-14/h12-15,18-19H,1-11H2,(H2,17,21). The maximum atomic E-state index is 11.0. The van der Waals surface area contributed by atoms with E-state index < -0.39 is 0 Å². The van der Waals surface area contributed by atoms with Crippen LogP contribution in [0.25, 0.3) is 0 Å². The molecule has 3 unspecified atom stereocenters. The van der Waals surface area contributed by atoms with Gasteiger partial charge in [-0.1, -0.05) is 6.42 Å². The summed E-state index contributed by atoms with van der Waals surface area (Å²) in [6.07, 6.45) is 9.10. The molecule has 3 rings (SSSR count). The highest BCUT2D eigenvalue weighted by Crippen LogP contribution is 2.32. The van der Waals surface area contributed by atoms with Crippen molar-refractivity contribution in [3.05, 3.63) is 0 Å². The maximum absolute atomic E-state index is 11.0. The predicted molar refractivity (Wildman–Crippen MR) is 83.9 cm³/mol. The van der Waals surface area contributed by atoms with Gasteiger partial charge in [-0.3, -0.25) is 9.69 Å².